The van der Waals surface area contributed by atoms with Crippen LogP contribution in [0.2, 0.25) is 0 Å². The van der Waals surface area contributed by atoms with E-state index in [1.807, 2.05) is 35.2 Å². The van der Waals surface area contributed by atoms with E-state index in [9.17, 15) is 4.79 Å². The number of amides is 1. The number of aliphatic hydroxyl groups is 1. The highest BCUT2D eigenvalue weighted by molar-refractivity contribution is 5.68. The molecule has 0 atom stereocenters. The van der Waals surface area contributed by atoms with Crippen LogP contribution in [0.1, 0.15) is 23.1 Å². The van der Waals surface area contributed by atoms with Gasteiger partial charge < -0.3 is 19.6 Å². The van der Waals surface area contributed by atoms with Crippen LogP contribution in [0.4, 0.5) is 10.5 Å². The van der Waals surface area contributed by atoms with Crippen LogP contribution in [0.25, 0.3) is 0 Å². The quantitative estimate of drug-likeness (QED) is 0.795. The number of ether oxygens (including phenoxy) is 1. The summed E-state index contributed by atoms with van der Waals surface area (Å²) in [5.41, 5.74) is 4.78. The molecule has 2 aromatic rings. The normalized spacial score (nSPS) is 17.0. The molecule has 2 aliphatic heterocycles. The second kappa shape index (κ2) is 9.96. The van der Waals surface area contributed by atoms with E-state index < -0.39 is 0 Å². The Labute approximate surface area is 178 Å². The van der Waals surface area contributed by atoms with Crippen molar-refractivity contribution in [2.24, 2.45) is 0 Å². The van der Waals surface area contributed by atoms with Gasteiger partial charge in [0.05, 0.1) is 0 Å². The maximum Gasteiger partial charge on any atom is 0.410 e. The third-order valence-electron chi connectivity index (χ3n) is 6.04. The Morgan fingerprint density at radius 3 is 2.53 bits per heavy atom. The van der Waals surface area contributed by atoms with Crippen molar-refractivity contribution >= 4 is 11.8 Å². The molecule has 6 nitrogen and oxygen atoms in total. The van der Waals surface area contributed by atoms with Gasteiger partial charge in [-0.15, -0.1) is 0 Å². The average molecular weight is 410 g/mol. The number of fused-ring (bicyclic) bond motifs is 1. The Morgan fingerprint density at radius 2 is 1.77 bits per heavy atom. The summed E-state index contributed by atoms with van der Waals surface area (Å²) >= 11 is 0. The molecule has 30 heavy (non-hydrogen) atoms. The van der Waals surface area contributed by atoms with Gasteiger partial charge in [0, 0.05) is 58.1 Å². The minimum Gasteiger partial charge on any atom is -0.445 e. The summed E-state index contributed by atoms with van der Waals surface area (Å²) in [4.78, 5) is 19.2. The van der Waals surface area contributed by atoms with Crippen LogP contribution in [0, 0.1) is 0 Å². The van der Waals surface area contributed by atoms with Crippen LogP contribution in [0.15, 0.2) is 48.5 Å². The molecule has 0 aliphatic carbocycles. The minimum atomic E-state index is -0.243. The topological polar surface area (TPSA) is 56.2 Å². The number of hydrogen-bond acceptors (Lipinski definition) is 5. The molecule has 6 heteroatoms. The first-order chi connectivity index (χ1) is 14.7. The fraction of sp³-hybridized carbons (Fsp3) is 0.458. The molecular formula is C24H31N3O3. The molecule has 0 spiro atoms. The van der Waals surface area contributed by atoms with E-state index in [0.29, 0.717) is 19.7 Å². The molecule has 4 rings (SSSR count). The first-order valence-corrected chi connectivity index (χ1v) is 10.9. The van der Waals surface area contributed by atoms with Crippen LogP contribution in [-0.2, 0) is 24.3 Å². The van der Waals surface area contributed by atoms with Crippen LogP contribution in [0.3, 0.4) is 0 Å². The van der Waals surface area contributed by atoms with E-state index >= 15 is 0 Å². The Bertz CT molecular complexity index is 835. The number of anilines is 1. The van der Waals surface area contributed by atoms with Crippen molar-refractivity contribution in [2.75, 3.05) is 50.8 Å². The number of carbonyl (C=O) groups is 1. The van der Waals surface area contributed by atoms with Crippen LogP contribution < -0.4 is 4.90 Å². The summed E-state index contributed by atoms with van der Waals surface area (Å²) in [5.74, 6) is 0. The number of nitrogens with zero attached hydrogens (tertiary/aromatic N) is 3. The van der Waals surface area contributed by atoms with Crippen molar-refractivity contribution in [3.63, 3.8) is 0 Å². The van der Waals surface area contributed by atoms with Crippen molar-refractivity contribution in [1.82, 2.24) is 9.80 Å². The van der Waals surface area contributed by atoms with Crippen molar-refractivity contribution in [1.29, 1.82) is 0 Å². The molecule has 2 heterocycles. The predicted molar refractivity (Wildman–Crippen MR) is 118 cm³/mol. The van der Waals surface area contributed by atoms with Crippen molar-refractivity contribution in [3.8, 4) is 0 Å². The molecule has 0 aromatic heterocycles. The van der Waals surface area contributed by atoms with Crippen LogP contribution in [-0.4, -0.2) is 66.9 Å². The zero-order valence-electron chi connectivity index (χ0n) is 17.5. The van der Waals surface area contributed by atoms with E-state index in [2.05, 4.69) is 28.0 Å². The Morgan fingerprint density at radius 1 is 0.967 bits per heavy atom. The van der Waals surface area contributed by atoms with Gasteiger partial charge in [-0.25, -0.2) is 4.79 Å². The SMILES string of the molecule is O=C(OCc1ccccc1)N1CCc2ccc(N3CCN(CCCO)CC3)cc2C1. The highest BCUT2D eigenvalue weighted by atomic mass is 16.6. The molecule has 1 N–H and O–H groups in total. The lowest BCUT2D eigenvalue weighted by atomic mass is 9.99. The predicted octanol–water partition coefficient (Wildman–Crippen LogP) is 2.89. The van der Waals surface area contributed by atoms with Crippen LogP contribution >= 0.6 is 0 Å². The first kappa shape index (κ1) is 20.7. The fourth-order valence-corrected chi connectivity index (χ4v) is 4.23. The third-order valence-corrected chi connectivity index (χ3v) is 6.04. The Balaban J connectivity index is 1.33. The van der Waals surface area contributed by atoms with Gasteiger partial charge in [0.1, 0.15) is 6.61 Å². The minimum absolute atomic E-state index is 0.243. The van der Waals surface area contributed by atoms with Crippen molar-refractivity contribution in [2.45, 2.75) is 26.0 Å². The summed E-state index contributed by atoms with van der Waals surface area (Å²) in [6.45, 7) is 6.87. The van der Waals surface area contributed by atoms with Gasteiger partial charge in [0.25, 0.3) is 0 Å². The molecule has 1 fully saturated rings. The monoisotopic (exact) mass is 409 g/mol. The summed E-state index contributed by atoms with van der Waals surface area (Å²) < 4.78 is 5.53. The van der Waals surface area contributed by atoms with E-state index in [4.69, 9.17) is 9.84 Å². The molecular weight excluding hydrogens is 378 g/mol. The number of rotatable bonds is 6. The maximum atomic E-state index is 12.6. The zero-order chi connectivity index (χ0) is 20.8. The Hall–Kier alpha value is -2.57. The molecule has 2 aromatic carbocycles. The summed E-state index contributed by atoms with van der Waals surface area (Å²) in [6, 6.07) is 16.5. The van der Waals surface area contributed by atoms with Gasteiger partial charge >= 0.3 is 6.09 Å². The van der Waals surface area contributed by atoms with Gasteiger partial charge in [-0.3, -0.25) is 4.90 Å². The van der Waals surface area contributed by atoms with Gasteiger partial charge in [-0.1, -0.05) is 36.4 Å². The van der Waals surface area contributed by atoms with E-state index in [-0.39, 0.29) is 12.7 Å². The highest BCUT2D eigenvalue weighted by Gasteiger charge is 2.23. The molecule has 160 valence electrons. The summed E-state index contributed by atoms with van der Waals surface area (Å²) in [5, 5.41) is 9.02. The number of carbonyl (C=O) groups excluding carboxylic acids is 1. The van der Waals surface area contributed by atoms with Crippen molar-refractivity contribution < 1.29 is 14.6 Å². The molecule has 1 amide bonds. The van der Waals surface area contributed by atoms with Gasteiger partial charge in [-0.05, 0) is 41.7 Å². The van der Waals surface area contributed by atoms with Gasteiger partial charge in [0.2, 0.25) is 0 Å². The second-order valence-electron chi connectivity index (χ2n) is 8.07. The highest BCUT2D eigenvalue weighted by Crippen LogP contribution is 2.26. The van der Waals surface area contributed by atoms with Crippen LogP contribution in [0.5, 0.6) is 0 Å². The molecule has 0 unspecified atom stereocenters. The maximum absolute atomic E-state index is 12.6. The largest absolute Gasteiger partial charge is 0.445 e. The molecule has 0 radical (unpaired) electrons. The smallest absolute Gasteiger partial charge is 0.410 e. The number of benzene rings is 2. The first-order valence-electron chi connectivity index (χ1n) is 10.9. The lowest BCUT2D eigenvalue weighted by Gasteiger charge is -2.37. The fourth-order valence-electron chi connectivity index (χ4n) is 4.23. The number of aliphatic hydroxyl groups excluding tert-OH is 1. The molecule has 0 saturated carbocycles. The van der Waals surface area contributed by atoms with E-state index in [0.717, 1.165) is 51.1 Å². The van der Waals surface area contributed by atoms with E-state index in [1.54, 1.807) is 0 Å². The third kappa shape index (κ3) is 5.12. The lowest BCUT2D eigenvalue weighted by Crippen LogP contribution is -2.46. The summed E-state index contributed by atoms with van der Waals surface area (Å²) in [6.07, 6.45) is 1.47. The summed E-state index contributed by atoms with van der Waals surface area (Å²) in [7, 11) is 0. The zero-order valence-corrected chi connectivity index (χ0v) is 17.5. The molecule has 2 aliphatic rings. The average Bonchev–Trinajstić information content (AvgIpc) is 2.81. The number of hydrogen-bond donors (Lipinski definition) is 1. The van der Waals surface area contributed by atoms with Gasteiger partial charge in [0.15, 0.2) is 0 Å². The van der Waals surface area contributed by atoms with Gasteiger partial charge in [-0.2, -0.15) is 0 Å². The molecule has 1 saturated heterocycles. The standard InChI is InChI=1S/C24H31N3O3/c28-16-4-10-25-12-14-26(15-13-25)23-8-7-21-9-11-27(18-22(21)17-23)24(29)30-19-20-5-2-1-3-6-20/h1-3,5-8,17,28H,4,9-16,18-19H2. The van der Waals surface area contributed by atoms with Crippen molar-refractivity contribution in [3.05, 3.63) is 65.2 Å². The number of piperazine rings is 1. The second-order valence-corrected chi connectivity index (χ2v) is 8.07. The Kier molecular flexibility index (Phi) is 6.87. The molecule has 0 bridgehead atoms. The lowest BCUT2D eigenvalue weighted by molar-refractivity contribution is 0.0918. The van der Waals surface area contributed by atoms with E-state index in [1.165, 1.54) is 16.8 Å².